The van der Waals surface area contributed by atoms with E-state index in [9.17, 15) is 19.2 Å². The van der Waals surface area contributed by atoms with Crippen LogP contribution in [0.1, 0.15) is 6.92 Å². The molecule has 82 valence electrons. The summed E-state index contributed by atoms with van der Waals surface area (Å²) in [6, 6.07) is 0. The van der Waals surface area contributed by atoms with Crippen molar-refractivity contribution >= 4 is 23.6 Å². The average molecular weight is 220 g/mol. The molecule has 0 aromatic rings. The lowest BCUT2D eigenvalue weighted by molar-refractivity contribution is -0.145. The van der Waals surface area contributed by atoms with E-state index < -0.39 is 23.6 Å². The molecule has 2 rings (SSSR count). The molecule has 0 N–H and O–H groups in total. The number of carbonyl (C=O) groups excluding carboxylic acids is 4. The Morgan fingerprint density at radius 2 is 1.50 bits per heavy atom. The molecule has 0 fully saturated rings. The van der Waals surface area contributed by atoms with Gasteiger partial charge in [-0.3, -0.25) is 29.0 Å². The lowest BCUT2D eigenvalue weighted by Gasteiger charge is -2.20. The first-order chi connectivity index (χ1) is 7.50. The zero-order chi connectivity index (χ0) is 11.9. The van der Waals surface area contributed by atoms with E-state index in [0.717, 1.165) is 22.0 Å². The van der Waals surface area contributed by atoms with Crippen molar-refractivity contribution in [3.63, 3.8) is 0 Å². The van der Waals surface area contributed by atoms with Crippen LogP contribution >= 0.6 is 0 Å². The van der Waals surface area contributed by atoms with Gasteiger partial charge in [0.1, 0.15) is 6.67 Å². The maximum absolute atomic E-state index is 11.5. The number of hydrogen-bond acceptors (Lipinski definition) is 4. The van der Waals surface area contributed by atoms with Gasteiger partial charge in [0.2, 0.25) is 0 Å². The van der Waals surface area contributed by atoms with Gasteiger partial charge in [-0.05, 0) is 6.92 Å². The first-order valence-corrected chi connectivity index (χ1v) is 4.58. The monoisotopic (exact) mass is 220 g/mol. The average Bonchev–Trinajstić information content (AvgIpc) is 2.65. The quantitative estimate of drug-likeness (QED) is 0.570. The largest absolute Gasteiger partial charge is 0.269 e. The van der Waals surface area contributed by atoms with E-state index in [-0.39, 0.29) is 6.67 Å². The van der Waals surface area contributed by atoms with Gasteiger partial charge in [-0.25, -0.2) is 0 Å². The zero-order valence-electron chi connectivity index (χ0n) is 8.47. The third-order valence-corrected chi connectivity index (χ3v) is 2.37. The number of hydrogen-bond donors (Lipinski definition) is 0. The highest BCUT2D eigenvalue weighted by Gasteiger charge is 2.33. The topological polar surface area (TPSA) is 74.8 Å². The smallest absolute Gasteiger partial charge is 0.258 e. The van der Waals surface area contributed by atoms with Gasteiger partial charge >= 0.3 is 0 Å². The van der Waals surface area contributed by atoms with Gasteiger partial charge < -0.3 is 0 Å². The zero-order valence-corrected chi connectivity index (χ0v) is 8.47. The Hall–Kier alpha value is -2.24. The number of nitrogens with zero attached hydrogens (tertiary/aromatic N) is 2. The SMILES string of the molecule is CC1=CC(=O)N(CN2C(=O)C=CC2=O)C1=O. The maximum Gasteiger partial charge on any atom is 0.258 e. The fourth-order valence-corrected chi connectivity index (χ4v) is 1.48. The van der Waals surface area contributed by atoms with Crippen LogP contribution in [0.4, 0.5) is 0 Å². The fourth-order valence-electron chi connectivity index (χ4n) is 1.48. The molecule has 0 aromatic carbocycles. The van der Waals surface area contributed by atoms with Gasteiger partial charge in [0.15, 0.2) is 0 Å². The lowest BCUT2D eigenvalue weighted by atomic mass is 10.3. The summed E-state index contributed by atoms with van der Waals surface area (Å²) in [5.74, 6) is -2.02. The Morgan fingerprint density at radius 3 is 1.94 bits per heavy atom. The van der Waals surface area contributed by atoms with Gasteiger partial charge in [0.05, 0.1) is 0 Å². The number of imide groups is 2. The fraction of sp³-hybridized carbons (Fsp3) is 0.200. The standard InChI is InChI=1S/C10H8N2O4/c1-6-4-9(15)12(10(6)16)5-11-7(13)2-3-8(11)14/h2-4H,5H2,1H3. The summed E-state index contributed by atoms with van der Waals surface area (Å²) >= 11 is 0. The van der Waals surface area contributed by atoms with Crippen LogP contribution in [0.5, 0.6) is 0 Å². The third kappa shape index (κ3) is 1.44. The highest BCUT2D eigenvalue weighted by molar-refractivity contribution is 6.17. The second kappa shape index (κ2) is 3.41. The van der Waals surface area contributed by atoms with Crippen molar-refractivity contribution in [3.05, 3.63) is 23.8 Å². The highest BCUT2D eigenvalue weighted by Crippen LogP contribution is 2.14. The minimum Gasteiger partial charge on any atom is -0.269 e. The van der Waals surface area contributed by atoms with Gasteiger partial charge in [-0.1, -0.05) is 0 Å². The molecule has 0 bridgehead atoms. The lowest BCUT2D eigenvalue weighted by Crippen LogP contribution is -2.44. The highest BCUT2D eigenvalue weighted by atomic mass is 16.2. The molecular formula is C10H8N2O4. The first kappa shape index (κ1) is 10.3. The molecule has 0 atom stereocenters. The molecule has 0 radical (unpaired) electrons. The van der Waals surface area contributed by atoms with E-state index in [1.54, 1.807) is 0 Å². The van der Waals surface area contributed by atoms with Crippen molar-refractivity contribution in [3.8, 4) is 0 Å². The molecular weight excluding hydrogens is 212 g/mol. The van der Waals surface area contributed by atoms with Crippen LogP contribution in [0.2, 0.25) is 0 Å². The van der Waals surface area contributed by atoms with Crippen molar-refractivity contribution < 1.29 is 19.2 Å². The second-order valence-electron chi connectivity index (χ2n) is 3.48. The Bertz CT molecular complexity index is 457. The van der Waals surface area contributed by atoms with Gasteiger partial charge in [-0.15, -0.1) is 0 Å². The Labute approximate surface area is 90.8 Å². The molecule has 0 saturated carbocycles. The summed E-state index contributed by atoms with van der Waals surface area (Å²) in [6.07, 6.45) is 3.39. The molecule has 0 aromatic heterocycles. The van der Waals surface area contributed by atoms with Crippen molar-refractivity contribution in [1.29, 1.82) is 0 Å². The van der Waals surface area contributed by atoms with Crippen LogP contribution in [-0.2, 0) is 19.2 Å². The number of rotatable bonds is 2. The Morgan fingerprint density at radius 1 is 0.938 bits per heavy atom. The van der Waals surface area contributed by atoms with E-state index in [2.05, 4.69) is 0 Å². The van der Waals surface area contributed by atoms with E-state index in [4.69, 9.17) is 0 Å². The Kier molecular flexibility index (Phi) is 2.19. The van der Waals surface area contributed by atoms with Crippen LogP contribution in [0.3, 0.4) is 0 Å². The van der Waals surface area contributed by atoms with E-state index in [0.29, 0.717) is 5.57 Å². The van der Waals surface area contributed by atoms with Gasteiger partial charge in [-0.2, -0.15) is 0 Å². The summed E-state index contributed by atoms with van der Waals surface area (Å²) in [7, 11) is 0. The summed E-state index contributed by atoms with van der Waals surface area (Å²) in [5.41, 5.74) is 0.303. The molecule has 0 aliphatic carbocycles. The van der Waals surface area contributed by atoms with Crippen LogP contribution in [0.25, 0.3) is 0 Å². The summed E-state index contributed by atoms with van der Waals surface area (Å²) in [5, 5.41) is 0. The molecule has 2 aliphatic rings. The molecule has 6 nitrogen and oxygen atoms in total. The van der Waals surface area contributed by atoms with E-state index in [1.807, 2.05) is 0 Å². The predicted molar refractivity (Wildman–Crippen MR) is 51.5 cm³/mol. The molecule has 0 spiro atoms. The normalized spacial score (nSPS) is 20.2. The molecule has 4 amide bonds. The van der Waals surface area contributed by atoms with Gasteiger partial charge in [0, 0.05) is 23.8 Å². The minimum absolute atomic E-state index is 0.303. The first-order valence-electron chi connectivity index (χ1n) is 4.58. The van der Waals surface area contributed by atoms with Crippen molar-refractivity contribution in [2.75, 3.05) is 6.67 Å². The summed E-state index contributed by atoms with van der Waals surface area (Å²) in [6.45, 7) is 1.18. The van der Waals surface area contributed by atoms with Crippen LogP contribution in [-0.4, -0.2) is 40.1 Å². The summed E-state index contributed by atoms with van der Waals surface area (Å²) in [4.78, 5) is 47.0. The number of carbonyl (C=O) groups is 4. The predicted octanol–water partition coefficient (Wildman–Crippen LogP) is -0.816. The van der Waals surface area contributed by atoms with E-state index >= 15 is 0 Å². The molecule has 0 unspecified atom stereocenters. The maximum atomic E-state index is 11.5. The molecule has 6 heteroatoms. The summed E-state index contributed by atoms with van der Waals surface area (Å²) < 4.78 is 0. The van der Waals surface area contributed by atoms with Crippen molar-refractivity contribution in [1.82, 2.24) is 9.80 Å². The molecule has 2 aliphatic heterocycles. The third-order valence-electron chi connectivity index (χ3n) is 2.37. The van der Waals surface area contributed by atoms with Crippen molar-refractivity contribution in [2.24, 2.45) is 0 Å². The molecule has 0 saturated heterocycles. The Balaban J connectivity index is 2.13. The second-order valence-corrected chi connectivity index (χ2v) is 3.48. The van der Waals surface area contributed by atoms with Crippen LogP contribution < -0.4 is 0 Å². The van der Waals surface area contributed by atoms with Crippen LogP contribution in [0, 0.1) is 0 Å². The van der Waals surface area contributed by atoms with Crippen molar-refractivity contribution in [2.45, 2.75) is 6.92 Å². The molecule has 2 heterocycles. The van der Waals surface area contributed by atoms with Gasteiger partial charge in [0.25, 0.3) is 23.6 Å². The minimum atomic E-state index is -0.518. The van der Waals surface area contributed by atoms with Crippen LogP contribution in [0.15, 0.2) is 23.8 Å². The number of amides is 4. The molecule has 16 heavy (non-hydrogen) atoms. The van der Waals surface area contributed by atoms with E-state index in [1.165, 1.54) is 13.0 Å².